The van der Waals surface area contributed by atoms with E-state index in [9.17, 15) is 0 Å². The molecule has 0 saturated carbocycles. The lowest BCUT2D eigenvalue weighted by Gasteiger charge is -2.14. The fourth-order valence-corrected chi connectivity index (χ4v) is 3.34. The van der Waals surface area contributed by atoms with Crippen LogP contribution >= 0.6 is 11.9 Å². The van der Waals surface area contributed by atoms with Crippen molar-refractivity contribution in [3.05, 3.63) is 0 Å². The molecule has 3 nitrogen and oxygen atoms in total. The van der Waals surface area contributed by atoms with Gasteiger partial charge in [0.15, 0.2) is 0 Å². The van der Waals surface area contributed by atoms with Crippen molar-refractivity contribution in [2.75, 3.05) is 13.1 Å². The van der Waals surface area contributed by atoms with Crippen LogP contribution in [0.2, 0.25) is 0 Å². The van der Waals surface area contributed by atoms with Crippen LogP contribution < -0.4 is 0 Å². The molecular weight excluding hydrogens is 158 g/mol. The molecule has 0 bridgehead atoms. The summed E-state index contributed by atoms with van der Waals surface area (Å²) < 4.78 is 4.04. The molecule has 4 heteroatoms. The number of hydrogen-bond donors (Lipinski definition) is 0. The lowest BCUT2D eigenvalue weighted by molar-refractivity contribution is 0.312. The summed E-state index contributed by atoms with van der Waals surface area (Å²) in [7, 11) is 0. The van der Waals surface area contributed by atoms with Gasteiger partial charge in [-0.2, -0.15) is 5.11 Å². The predicted molar refractivity (Wildman–Crippen MR) is 44.6 cm³/mol. The van der Waals surface area contributed by atoms with Gasteiger partial charge in [-0.1, -0.05) is 0 Å². The second-order valence-electron chi connectivity index (χ2n) is 3.54. The Kier molecular flexibility index (Phi) is 1.29. The van der Waals surface area contributed by atoms with Crippen LogP contribution in [0.4, 0.5) is 0 Å². The first-order chi connectivity index (χ1) is 5.45. The molecule has 0 radical (unpaired) electrons. The molecule has 0 amide bonds. The second-order valence-corrected chi connectivity index (χ2v) is 4.52. The molecule has 0 N–H and O–H groups in total. The number of hydrogen-bond acceptors (Lipinski definition) is 4. The van der Waals surface area contributed by atoms with Crippen LogP contribution in [0.5, 0.6) is 0 Å². The molecule has 3 atom stereocenters. The van der Waals surface area contributed by atoms with E-state index in [-0.39, 0.29) is 0 Å². The minimum absolute atomic E-state index is 0.544. The Morgan fingerprint density at radius 3 is 3.45 bits per heavy atom. The molecule has 2 fully saturated rings. The first-order valence-corrected chi connectivity index (χ1v) is 5.09. The molecule has 2 saturated heterocycles. The van der Waals surface area contributed by atoms with Crippen molar-refractivity contribution in [1.29, 1.82) is 0 Å². The van der Waals surface area contributed by atoms with Gasteiger partial charge in [-0.15, -0.1) is 4.52 Å². The van der Waals surface area contributed by atoms with Gasteiger partial charge in [0.1, 0.15) is 6.04 Å². The van der Waals surface area contributed by atoms with E-state index in [4.69, 9.17) is 0 Å². The van der Waals surface area contributed by atoms with Crippen LogP contribution in [0.1, 0.15) is 12.8 Å². The molecule has 0 aromatic carbocycles. The molecule has 3 aliphatic heterocycles. The van der Waals surface area contributed by atoms with E-state index in [0.29, 0.717) is 11.3 Å². The van der Waals surface area contributed by atoms with E-state index in [1.54, 1.807) is 11.9 Å². The highest BCUT2D eigenvalue weighted by Crippen LogP contribution is 2.40. The standard InChI is InChI=1S/C7H11N3S/c1-2-5-7-6(11-9-8-7)4-10(5)3-1/h5-7H,1-4H2. The summed E-state index contributed by atoms with van der Waals surface area (Å²) in [4.78, 5) is 2.58. The average molecular weight is 169 g/mol. The third-order valence-corrected chi connectivity index (χ3v) is 3.85. The highest BCUT2D eigenvalue weighted by Gasteiger charge is 2.46. The van der Waals surface area contributed by atoms with Gasteiger partial charge in [-0.05, 0) is 19.4 Å². The fourth-order valence-electron chi connectivity index (χ4n) is 2.44. The molecule has 3 heterocycles. The summed E-state index contributed by atoms with van der Waals surface area (Å²) in [6.45, 7) is 2.53. The Morgan fingerprint density at radius 2 is 2.45 bits per heavy atom. The average Bonchev–Trinajstić information content (AvgIpc) is 2.52. The maximum atomic E-state index is 4.29. The SMILES string of the molecule is C1CC2C3N=NSC3CN2C1. The Morgan fingerprint density at radius 1 is 1.45 bits per heavy atom. The highest BCUT2D eigenvalue weighted by molar-refractivity contribution is 7.98. The Hall–Kier alpha value is -0.0900. The van der Waals surface area contributed by atoms with Gasteiger partial charge in [0.05, 0.1) is 5.25 Å². The summed E-state index contributed by atoms with van der Waals surface area (Å²) in [6, 6.07) is 1.29. The molecular formula is C7H11N3S. The van der Waals surface area contributed by atoms with E-state index in [0.717, 1.165) is 6.04 Å². The summed E-state index contributed by atoms with van der Waals surface area (Å²) in [5.74, 6) is 0. The molecule has 11 heavy (non-hydrogen) atoms. The Balaban J connectivity index is 1.88. The zero-order valence-electron chi connectivity index (χ0n) is 6.31. The zero-order chi connectivity index (χ0) is 7.26. The molecule has 0 aromatic heterocycles. The van der Waals surface area contributed by atoms with Gasteiger partial charge < -0.3 is 0 Å². The molecule has 60 valence electrons. The topological polar surface area (TPSA) is 28.0 Å². The maximum absolute atomic E-state index is 4.29. The van der Waals surface area contributed by atoms with Crippen molar-refractivity contribution in [2.24, 2.45) is 9.63 Å². The fraction of sp³-hybridized carbons (Fsp3) is 1.00. The Bertz CT molecular complexity index is 206. The third kappa shape index (κ3) is 0.796. The first kappa shape index (κ1) is 6.43. The zero-order valence-corrected chi connectivity index (χ0v) is 7.13. The highest BCUT2D eigenvalue weighted by atomic mass is 32.2. The van der Waals surface area contributed by atoms with Crippen molar-refractivity contribution in [1.82, 2.24) is 4.90 Å². The van der Waals surface area contributed by atoms with Crippen LogP contribution in [0, 0.1) is 0 Å². The van der Waals surface area contributed by atoms with Crippen LogP contribution in [0.25, 0.3) is 0 Å². The van der Waals surface area contributed by atoms with E-state index in [2.05, 4.69) is 14.5 Å². The quantitative estimate of drug-likeness (QED) is 0.511. The predicted octanol–water partition coefficient (Wildman–Crippen LogP) is 1.32. The van der Waals surface area contributed by atoms with Crippen LogP contribution in [0.15, 0.2) is 9.63 Å². The smallest absolute Gasteiger partial charge is 0.102 e. The largest absolute Gasteiger partial charge is 0.297 e. The van der Waals surface area contributed by atoms with Crippen LogP contribution in [-0.2, 0) is 0 Å². The van der Waals surface area contributed by atoms with Crippen LogP contribution in [-0.4, -0.2) is 35.3 Å². The van der Waals surface area contributed by atoms with Crippen molar-refractivity contribution in [3.63, 3.8) is 0 Å². The molecule has 3 rings (SSSR count). The summed E-state index contributed by atoms with van der Waals surface area (Å²) >= 11 is 1.69. The summed E-state index contributed by atoms with van der Waals surface area (Å²) in [6.07, 6.45) is 2.72. The minimum Gasteiger partial charge on any atom is -0.297 e. The number of rotatable bonds is 0. The van der Waals surface area contributed by atoms with Crippen molar-refractivity contribution in [3.8, 4) is 0 Å². The monoisotopic (exact) mass is 169 g/mol. The molecule has 0 spiro atoms. The number of fused-ring (bicyclic) bond motifs is 3. The normalized spacial score (nSPS) is 48.2. The lowest BCUT2D eigenvalue weighted by Crippen LogP contribution is -2.27. The van der Waals surface area contributed by atoms with Gasteiger partial charge in [0, 0.05) is 24.5 Å². The van der Waals surface area contributed by atoms with Gasteiger partial charge in [0.2, 0.25) is 0 Å². The summed E-state index contributed by atoms with van der Waals surface area (Å²) in [5.41, 5.74) is 0. The molecule has 0 aliphatic carbocycles. The molecule has 0 aromatic rings. The summed E-state index contributed by atoms with van der Waals surface area (Å²) in [5, 5.41) is 4.98. The maximum Gasteiger partial charge on any atom is 0.102 e. The first-order valence-electron chi connectivity index (χ1n) is 4.25. The van der Waals surface area contributed by atoms with E-state index >= 15 is 0 Å². The molecule has 3 aliphatic rings. The van der Waals surface area contributed by atoms with Crippen molar-refractivity contribution in [2.45, 2.75) is 30.2 Å². The molecule has 3 unspecified atom stereocenters. The number of nitrogens with zero attached hydrogens (tertiary/aromatic N) is 3. The second kappa shape index (κ2) is 2.20. The lowest BCUT2D eigenvalue weighted by atomic mass is 10.1. The van der Waals surface area contributed by atoms with Gasteiger partial charge in [-0.25, -0.2) is 0 Å². The van der Waals surface area contributed by atoms with Gasteiger partial charge >= 0.3 is 0 Å². The van der Waals surface area contributed by atoms with Gasteiger partial charge in [0.25, 0.3) is 0 Å². The van der Waals surface area contributed by atoms with Gasteiger partial charge in [-0.3, -0.25) is 4.90 Å². The minimum atomic E-state index is 0.544. The third-order valence-electron chi connectivity index (χ3n) is 2.97. The van der Waals surface area contributed by atoms with E-state index < -0.39 is 0 Å². The van der Waals surface area contributed by atoms with Crippen molar-refractivity contribution < 1.29 is 0 Å². The van der Waals surface area contributed by atoms with E-state index in [1.807, 2.05) is 0 Å². The van der Waals surface area contributed by atoms with Crippen molar-refractivity contribution >= 4 is 11.9 Å². The Labute approximate surface area is 70.4 Å². The van der Waals surface area contributed by atoms with Crippen LogP contribution in [0.3, 0.4) is 0 Å². The van der Waals surface area contributed by atoms with E-state index in [1.165, 1.54) is 25.9 Å².